The van der Waals surface area contributed by atoms with Crippen LogP contribution in [-0.4, -0.2) is 73.5 Å². The summed E-state index contributed by atoms with van der Waals surface area (Å²) in [5, 5.41) is 3.00. The first-order chi connectivity index (χ1) is 13.5. The van der Waals surface area contributed by atoms with Crippen LogP contribution in [0.25, 0.3) is 0 Å². The molecule has 1 aliphatic heterocycles. The quantitative estimate of drug-likeness (QED) is 0.571. The number of rotatable bonds is 9. The summed E-state index contributed by atoms with van der Waals surface area (Å²) >= 11 is 1.28. The zero-order chi connectivity index (χ0) is 20.4. The van der Waals surface area contributed by atoms with Crippen molar-refractivity contribution in [1.29, 1.82) is 0 Å². The van der Waals surface area contributed by atoms with Gasteiger partial charge in [-0.05, 0) is 25.0 Å². The van der Waals surface area contributed by atoms with Crippen LogP contribution in [0.15, 0.2) is 24.3 Å². The number of benzene rings is 1. The van der Waals surface area contributed by atoms with Gasteiger partial charge in [-0.2, -0.15) is 0 Å². The summed E-state index contributed by atoms with van der Waals surface area (Å²) in [7, 11) is 0. The molecule has 1 heterocycles. The molecule has 0 atom stereocenters. The van der Waals surface area contributed by atoms with Crippen LogP contribution in [0.4, 0.5) is 5.69 Å². The van der Waals surface area contributed by atoms with E-state index in [1.807, 2.05) is 29.2 Å². The van der Waals surface area contributed by atoms with E-state index < -0.39 is 0 Å². The number of carbonyl (C=O) groups is 3. The Morgan fingerprint density at radius 2 is 1.86 bits per heavy atom. The van der Waals surface area contributed by atoms with E-state index in [-0.39, 0.29) is 29.3 Å². The number of hydrogen-bond acceptors (Lipinski definition) is 5. The van der Waals surface area contributed by atoms with E-state index in [9.17, 15) is 14.4 Å². The maximum atomic E-state index is 12.4. The average Bonchev–Trinajstić information content (AvgIpc) is 2.69. The van der Waals surface area contributed by atoms with Crippen molar-refractivity contribution in [3.63, 3.8) is 0 Å². The molecule has 28 heavy (non-hydrogen) atoms. The second-order valence-electron chi connectivity index (χ2n) is 6.66. The highest BCUT2D eigenvalue weighted by atomic mass is 32.2. The molecule has 0 spiro atoms. The molecule has 1 aliphatic rings. The van der Waals surface area contributed by atoms with Crippen molar-refractivity contribution in [3.8, 4) is 0 Å². The van der Waals surface area contributed by atoms with Gasteiger partial charge in [0.15, 0.2) is 6.54 Å². The molecular formula is C20H30N3O4S+. The molecule has 7 nitrogen and oxygen atoms in total. The van der Waals surface area contributed by atoms with Gasteiger partial charge in [-0.1, -0.05) is 25.1 Å². The topological polar surface area (TPSA) is 80.2 Å². The molecule has 2 amide bonds. The van der Waals surface area contributed by atoms with Gasteiger partial charge in [0.05, 0.1) is 44.3 Å². The molecule has 2 N–H and O–H groups in total. The van der Waals surface area contributed by atoms with Gasteiger partial charge in [0.2, 0.25) is 5.91 Å². The van der Waals surface area contributed by atoms with Gasteiger partial charge >= 0.3 is 5.97 Å². The fourth-order valence-corrected chi connectivity index (χ4v) is 3.85. The third-order valence-corrected chi connectivity index (χ3v) is 5.55. The summed E-state index contributed by atoms with van der Waals surface area (Å²) in [6, 6.07) is 7.84. The molecule has 0 saturated carbocycles. The van der Waals surface area contributed by atoms with Crippen molar-refractivity contribution in [2.24, 2.45) is 0 Å². The van der Waals surface area contributed by atoms with Crippen LogP contribution >= 0.6 is 11.8 Å². The van der Waals surface area contributed by atoms with Gasteiger partial charge in [0.1, 0.15) is 0 Å². The molecule has 154 valence electrons. The van der Waals surface area contributed by atoms with Crippen LogP contribution in [0.1, 0.15) is 19.4 Å². The summed E-state index contributed by atoms with van der Waals surface area (Å²) in [5.74, 6) is 0.229. The number of hydrogen-bond donors (Lipinski definition) is 2. The Morgan fingerprint density at radius 3 is 2.54 bits per heavy atom. The predicted molar refractivity (Wildman–Crippen MR) is 111 cm³/mol. The number of thioether (sulfide) groups is 1. The number of piperazine rings is 1. The lowest BCUT2D eigenvalue weighted by Crippen LogP contribution is -3.15. The van der Waals surface area contributed by atoms with Gasteiger partial charge in [-0.25, -0.2) is 0 Å². The summed E-state index contributed by atoms with van der Waals surface area (Å²) in [5.41, 5.74) is 2.00. The van der Waals surface area contributed by atoms with Gasteiger partial charge in [0.25, 0.3) is 5.91 Å². The number of nitrogens with one attached hydrogen (secondary N) is 2. The fourth-order valence-electron chi connectivity index (χ4n) is 3.14. The van der Waals surface area contributed by atoms with E-state index in [0.717, 1.165) is 30.8 Å². The minimum absolute atomic E-state index is 0.000619. The van der Waals surface area contributed by atoms with Crippen LogP contribution in [0, 0.1) is 0 Å². The minimum atomic E-state index is -0.287. The Morgan fingerprint density at radius 1 is 1.14 bits per heavy atom. The van der Waals surface area contributed by atoms with Crippen molar-refractivity contribution >= 4 is 35.2 Å². The standard InChI is InChI=1S/C20H29N3O4S/c1-3-16-7-5-6-8-17(16)21-18(24)13-22-9-11-23(12-10-22)19(25)14-28-15-20(26)27-4-2/h5-8H,3-4,9-15H2,1-2H3,(H,21,24)/p+1. The molecule has 8 heteroatoms. The van der Waals surface area contributed by atoms with Crippen LogP contribution in [0.2, 0.25) is 0 Å². The van der Waals surface area contributed by atoms with E-state index in [1.54, 1.807) is 6.92 Å². The summed E-state index contributed by atoms with van der Waals surface area (Å²) in [4.78, 5) is 38.9. The van der Waals surface area contributed by atoms with E-state index in [1.165, 1.54) is 16.7 Å². The van der Waals surface area contributed by atoms with Crippen molar-refractivity contribution < 1.29 is 24.0 Å². The summed E-state index contributed by atoms with van der Waals surface area (Å²) < 4.78 is 4.85. The number of esters is 1. The number of anilines is 1. The largest absolute Gasteiger partial charge is 0.465 e. The Hall–Kier alpha value is -2.06. The van der Waals surface area contributed by atoms with Crippen molar-refractivity contribution in [2.75, 3.05) is 56.2 Å². The van der Waals surface area contributed by atoms with Gasteiger partial charge in [0, 0.05) is 5.69 Å². The third-order valence-electron chi connectivity index (χ3n) is 4.66. The number of para-hydroxylation sites is 1. The Labute approximate surface area is 170 Å². The summed E-state index contributed by atoms with van der Waals surface area (Å²) in [6.07, 6.45) is 0.873. The first-order valence-electron chi connectivity index (χ1n) is 9.76. The molecule has 1 fully saturated rings. The molecule has 0 aliphatic carbocycles. The van der Waals surface area contributed by atoms with E-state index in [0.29, 0.717) is 26.2 Å². The Kier molecular flexibility index (Phi) is 9.30. The molecule has 2 rings (SSSR count). The molecule has 0 radical (unpaired) electrons. The van der Waals surface area contributed by atoms with Crippen LogP contribution in [-0.2, 0) is 25.5 Å². The summed E-state index contributed by atoms with van der Waals surface area (Å²) in [6.45, 7) is 7.34. The maximum Gasteiger partial charge on any atom is 0.315 e. The number of quaternary nitrogens is 1. The lowest BCUT2D eigenvalue weighted by atomic mass is 10.1. The van der Waals surface area contributed by atoms with E-state index in [2.05, 4.69) is 12.2 Å². The van der Waals surface area contributed by atoms with Gasteiger partial charge in [-0.3, -0.25) is 14.4 Å². The van der Waals surface area contributed by atoms with Crippen molar-refractivity contribution in [2.45, 2.75) is 20.3 Å². The normalized spacial score (nSPS) is 14.6. The second-order valence-corrected chi connectivity index (χ2v) is 7.65. The predicted octanol–water partition coefficient (Wildman–Crippen LogP) is 0.211. The maximum absolute atomic E-state index is 12.4. The second kappa shape index (κ2) is 11.7. The van der Waals surface area contributed by atoms with Crippen molar-refractivity contribution in [3.05, 3.63) is 29.8 Å². The number of aryl methyl sites for hydroxylation is 1. The van der Waals surface area contributed by atoms with Crippen molar-refractivity contribution in [1.82, 2.24) is 4.90 Å². The molecule has 0 unspecified atom stereocenters. The highest BCUT2D eigenvalue weighted by Gasteiger charge is 2.25. The first-order valence-corrected chi connectivity index (χ1v) is 10.9. The monoisotopic (exact) mass is 408 g/mol. The number of amides is 2. The molecule has 1 aromatic carbocycles. The molecular weight excluding hydrogens is 378 g/mol. The van der Waals surface area contributed by atoms with E-state index >= 15 is 0 Å². The zero-order valence-electron chi connectivity index (χ0n) is 16.7. The third kappa shape index (κ3) is 7.16. The van der Waals surface area contributed by atoms with Crippen LogP contribution in [0.5, 0.6) is 0 Å². The molecule has 1 aromatic rings. The fraction of sp³-hybridized carbons (Fsp3) is 0.550. The van der Waals surface area contributed by atoms with Gasteiger partial charge < -0.3 is 19.9 Å². The molecule has 0 aromatic heterocycles. The highest BCUT2D eigenvalue weighted by molar-refractivity contribution is 8.00. The minimum Gasteiger partial charge on any atom is -0.465 e. The van der Waals surface area contributed by atoms with E-state index in [4.69, 9.17) is 4.74 Å². The Balaban J connectivity index is 1.69. The number of ether oxygens (including phenoxy) is 1. The smallest absolute Gasteiger partial charge is 0.315 e. The molecule has 1 saturated heterocycles. The van der Waals surface area contributed by atoms with Crippen LogP contribution in [0.3, 0.4) is 0 Å². The SMILES string of the molecule is CCOC(=O)CSCC(=O)N1CC[NH+](CC(=O)Nc2ccccc2CC)CC1. The molecule has 0 bridgehead atoms. The highest BCUT2D eigenvalue weighted by Crippen LogP contribution is 2.14. The number of carbonyl (C=O) groups excluding carboxylic acids is 3. The number of nitrogens with zero attached hydrogens (tertiary/aromatic N) is 1. The lowest BCUT2D eigenvalue weighted by molar-refractivity contribution is -0.895. The van der Waals surface area contributed by atoms with Gasteiger partial charge in [-0.15, -0.1) is 11.8 Å². The van der Waals surface area contributed by atoms with Crippen LogP contribution < -0.4 is 10.2 Å². The lowest BCUT2D eigenvalue weighted by Gasteiger charge is -2.31. The average molecular weight is 409 g/mol. The zero-order valence-corrected chi connectivity index (χ0v) is 17.5. The Bertz CT molecular complexity index is 675. The first kappa shape index (κ1) is 22.2.